The number of hydrogen-bond acceptors (Lipinski definition) is 7. The number of amides is 1. The fourth-order valence-electron chi connectivity index (χ4n) is 4.32. The minimum atomic E-state index is -0.137. The molecule has 0 unspecified atom stereocenters. The van der Waals surface area contributed by atoms with Crippen molar-refractivity contribution in [2.45, 2.75) is 38.3 Å². The molecule has 0 aromatic carbocycles. The van der Waals surface area contributed by atoms with Gasteiger partial charge in [-0.3, -0.25) is 9.48 Å². The molecule has 4 heterocycles. The molecule has 9 nitrogen and oxygen atoms in total. The fraction of sp³-hybridized carbons (Fsp3) is 0.409. The first kappa shape index (κ1) is 18.3. The Bertz CT molecular complexity index is 1300. The second-order valence-electron chi connectivity index (χ2n) is 8.41. The Morgan fingerprint density at radius 3 is 2.97 bits per heavy atom. The summed E-state index contributed by atoms with van der Waals surface area (Å²) in [6, 6.07) is 2.26. The van der Waals surface area contributed by atoms with Gasteiger partial charge in [-0.2, -0.15) is 5.10 Å². The summed E-state index contributed by atoms with van der Waals surface area (Å²) >= 11 is 0. The van der Waals surface area contributed by atoms with Crippen LogP contribution in [0, 0.1) is 23.7 Å². The molecule has 3 N–H and O–H groups in total. The molecule has 2 aliphatic carbocycles. The lowest BCUT2D eigenvalue weighted by atomic mass is 10.1. The maximum Gasteiger partial charge on any atom is 0.228 e. The Kier molecular flexibility index (Phi) is 3.98. The molecular formula is C22H21N7O2. The number of nitrogens with zero attached hydrogens (tertiary/aromatic N) is 5. The van der Waals surface area contributed by atoms with E-state index in [4.69, 9.17) is 0 Å². The summed E-state index contributed by atoms with van der Waals surface area (Å²) in [4.78, 5) is 16.6. The third kappa shape index (κ3) is 3.02. The lowest BCUT2D eigenvalue weighted by Crippen LogP contribution is -2.15. The van der Waals surface area contributed by atoms with Gasteiger partial charge in [-0.1, -0.05) is 11.8 Å². The maximum absolute atomic E-state index is 12.1. The van der Waals surface area contributed by atoms with Crippen LogP contribution >= 0.6 is 0 Å². The van der Waals surface area contributed by atoms with E-state index >= 15 is 0 Å². The molecule has 3 aliphatic rings. The number of aromatic nitrogens is 5. The summed E-state index contributed by atoms with van der Waals surface area (Å²) in [7, 11) is 1.77. The highest BCUT2D eigenvalue weighted by atomic mass is 16.3. The minimum Gasteiger partial charge on any atom is -0.390 e. The molecule has 9 heteroatoms. The Balaban J connectivity index is 1.42. The summed E-state index contributed by atoms with van der Waals surface area (Å²) in [5, 5.41) is 29.4. The topological polar surface area (TPSA) is 118 Å². The van der Waals surface area contributed by atoms with Crippen LogP contribution in [-0.2, 0) is 17.8 Å². The highest BCUT2D eigenvalue weighted by Crippen LogP contribution is 2.52. The van der Waals surface area contributed by atoms with E-state index in [1.165, 1.54) is 6.42 Å². The molecule has 3 aromatic rings. The smallest absolute Gasteiger partial charge is 0.228 e. The van der Waals surface area contributed by atoms with Crippen LogP contribution in [0.4, 0.5) is 11.6 Å². The van der Waals surface area contributed by atoms with Crippen molar-refractivity contribution in [1.82, 2.24) is 25.0 Å². The number of nitrogens with one attached hydrogen (secondary N) is 2. The molecule has 0 radical (unpaired) electrons. The lowest BCUT2D eigenvalue weighted by Gasteiger charge is -2.08. The molecular weight excluding hydrogens is 394 g/mol. The normalized spacial score (nSPS) is 20.6. The van der Waals surface area contributed by atoms with Crippen LogP contribution in [0.25, 0.3) is 10.9 Å². The van der Waals surface area contributed by atoms with Gasteiger partial charge < -0.3 is 15.7 Å². The van der Waals surface area contributed by atoms with Gasteiger partial charge >= 0.3 is 0 Å². The van der Waals surface area contributed by atoms with Crippen LogP contribution in [0.2, 0.25) is 0 Å². The van der Waals surface area contributed by atoms with Gasteiger partial charge in [-0.15, -0.1) is 10.2 Å². The van der Waals surface area contributed by atoms with Gasteiger partial charge in [-0.25, -0.2) is 4.98 Å². The highest BCUT2D eigenvalue weighted by Gasteiger charge is 2.47. The lowest BCUT2D eigenvalue weighted by molar-refractivity contribution is -0.117. The fourth-order valence-corrected chi connectivity index (χ4v) is 4.32. The summed E-state index contributed by atoms with van der Waals surface area (Å²) in [5.41, 5.74) is 3.80. The van der Waals surface area contributed by atoms with Crippen molar-refractivity contribution < 1.29 is 9.90 Å². The molecule has 1 amide bonds. The molecule has 6 rings (SSSR count). The van der Waals surface area contributed by atoms with Gasteiger partial charge in [-0.05, 0) is 37.7 Å². The molecule has 2 fully saturated rings. The number of hydrogen-bond donors (Lipinski definition) is 3. The average molecular weight is 415 g/mol. The van der Waals surface area contributed by atoms with Gasteiger partial charge in [0, 0.05) is 24.5 Å². The maximum atomic E-state index is 12.1. The van der Waals surface area contributed by atoms with Crippen molar-refractivity contribution in [1.29, 1.82) is 0 Å². The number of rotatable bonds is 4. The highest BCUT2D eigenvalue weighted by molar-refractivity contribution is 5.97. The van der Waals surface area contributed by atoms with Gasteiger partial charge in [0.05, 0.1) is 29.5 Å². The predicted molar refractivity (Wildman–Crippen MR) is 113 cm³/mol. The summed E-state index contributed by atoms with van der Waals surface area (Å²) in [6.07, 6.45) is 5.66. The quantitative estimate of drug-likeness (QED) is 0.554. The monoisotopic (exact) mass is 415 g/mol. The zero-order valence-electron chi connectivity index (χ0n) is 17.0. The van der Waals surface area contributed by atoms with Crippen LogP contribution < -0.4 is 10.6 Å². The van der Waals surface area contributed by atoms with E-state index in [0.717, 1.165) is 35.9 Å². The van der Waals surface area contributed by atoms with Crippen LogP contribution in [-0.4, -0.2) is 43.0 Å². The average Bonchev–Trinajstić information content (AvgIpc) is 3.70. The SMILES string of the molecule is CNc1ncc(C#Cc2c(CO)nn3c2C[C@H]2C[C@H]23)c2cc(NC(=O)C3CC3)nnc12. The van der Waals surface area contributed by atoms with Gasteiger partial charge in [0.2, 0.25) is 5.91 Å². The number of pyridine rings is 1. The van der Waals surface area contributed by atoms with Crippen molar-refractivity contribution in [2.24, 2.45) is 11.8 Å². The van der Waals surface area contributed by atoms with E-state index in [1.807, 2.05) is 4.68 Å². The third-order valence-electron chi connectivity index (χ3n) is 6.28. The number of aliphatic hydroxyl groups is 1. The molecule has 1 aliphatic heterocycles. The molecule has 2 saturated carbocycles. The molecule has 3 aromatic heterocycles. The van der Waals surface area contributed by atoms with E-state index < -0.39 is 0 Å². The number of carbonyl (C=O) groups is 1. The second-order valence-corrected chi connectivity index (χ2v) is 8.41. The molecule has 0 bridgehead atoms. The van der Waals surface area contributed by atoms with E-state index in [1.54, 1.807) is 19.3 Å². The predicted octanol–water partition coefficient (Wildman–Crippen LogP) is 1.62. The van der Waals surface area contributed by atoms with Crippen LogP contribution in [0.1, 0.15) is 47.8 Å². The molecule has 31 heavy (non-hydrogen) atoms. The Morgan fingerprint density at radius 2 is 2.19 bits per heavy atom. The zero-order valence-corrected chi connectivity index (χ0v) is 17.0. The minimum absolute atomic E-state index is 0.0224. The van der Waals surface area contributed by atoms with Crippen molar-refractivity contribution in [3.05, 3.63) is 34.8 Å². The van der Waals surface area contributed by atoms with Gasteiger partial charge in [0.15, 0.2) is 11.6 Å². The van der Waals surface area contributed by atoms with Gasteiger partial charge in [0.25, 0.3) is 0 Å². The van der Waals surface area contributed by atoms with E-state index in [-0.39, 0.29) is 18.4 Å². The van der Waals surface area contributed by atoms with E-state index in [0.29, 0.717) is 40.4 Å². The number of fused-ring (bicyclic) bond motifs is 4. The Hall–Kier alpha value is -3.51. The van der Waals surface area contributed by atoms with Crippen molar-refractivity contribution in [3.63, 3.8) is 0 Å². The van der Waals surface area contributed by atoms with Gasteiger partial charge in [0.1, 0.15) is 11.2 Å². The first-order valence-electron chi connectivity index (χ1n) is 10.5. The summed E-state index contributed by atoms with van der Waals surface area (Å²) < 4.78 is 2.04. The van der Waals surface area contributed by atoms with E-state index in [9.17, 15) is 9.90 Å². The van der Waals surface area contributed by atoms with Crippen LogP contribution in [0.15, 0.2) is 12.3 Å². The van der Waals surface area contributed by atoms with E-state index in [2.05, 4.69) is 42.8 Å². The van der Waals surface area contributed by atoms with Crippen LogP contribution in [0.3, 0.4) is 0 Å². The number of carbonyl (C=O) groups excluding carboxylic acids is 1. The van der Waals surface area contributed by atoms with Crippen LogP contribution in [0.5, 0.6) is 0 Å². The standard InChI is InChI=1S/C22H21N7O2/c1-23-21-20-15(8-19(26-27-20)25-22(31)11-2-3-11)12(9-24-21)4-5-14-16(10-30)28-29-17-6-13(17)7-18(14)29/h8-9,11,13,17,30H,2-3,6-7,10H2,1H3,(H,23,24)(H,25,26,31)/t13-,17-/m1/s1. The largest absolute Gasteiger partial charge is 0.390 e. The first-order valence-corrected chi connectivity index (χ1v) is 10.5. The molecule has 2 atom stereocenters. The Morgan fingerprint density at radius 1 is 1.32 bits per heavy atom. The van der Waals surface area contributed by atoms with Crippen molar-refractivity contribution in [2.75, 3.05) is 17.7 Å². The number of aliphatic hydroxyl groups excluding tert-OH is 1. The summed E-state index contributed by atoms with van der Waals surface area (Å²) in [5.74, 6) is 8.16. The second kappa shape index (κ2) is 6.75. The summed E-state index contributed by atoms with van der Waals surface area (Å²) in [6.45, 7) is -0.137. The molecule has 156 valence electrons. The molecule has 0 spiro atoms. The van der Waals surface area contributed by atoms with Crippen molar-refractivity contribution >= 4 is 28.4 Å². The number of anilines is 2. The van der Waals surface area contributed by atoms with Crippen molar-refractivity contribution in [3.8, 4) is 11.8 Å². The zero-order chi connectivity index (χ0) is 21.1. The molecule has 0 saturated heterocycles. The first-order chi connectivity index (χ1) is 15.2. The Labute approximate surface area is 178 Å². The third-order valence-corrected chi connectivity index (χ3v) is 6.28.